The molecule has 172 valence electrons. The molecule has 6 rings (SSSR count). The molecular weight excluding hydrogens is 436 g/mol. The van der Waals surface area contributed by atoms with Gasteiger partial charge in [-0.2, -0.15) is 0 Å². The van der Waals surface area contributed by atoms with E-state index in [2.05, 4.69) is 5.32 Å². The van der Waals surface area contributed by atoms with Crippen molar-refractivity contribution < 1.29 is 14.3 Å². The molecule has 4 aromatic carbocycles. The molecule has 2 heterocycles. The predicted octanol–water partition coefficient (Wildman–Crippen LogP) is 6.16. The lowest BCUT2D eigenvalue weighted by atomic mass is 9.87. The van der Waals surface area contributed by atoms with Crippen LogP contribution in [-0.4, -0.2) is 18.4 Å². The van der Waals surface area contributed by atoms with Crippen LogP contribution in [0.25, 0.3) is 0 Å². The third-order valence-electron chi connectivity index (χ3n) is 6.67. The van der Waals surface area contributed by atoms with E-state index in [-0.39, 0.29) is 11.8 Å². The summed E-state index contributed by atoms with van der Waals surface area (Å²) in [6, 6.07) is 30.5. The number of hydrogen-bond donors (Lipinski definition) is 1. The number of carbonyl (C=O) groups is 2. The number of fused-ring (bicyclic) bond motifs is 3. The van der Waals surface area contributed by atoms with Crippen LogP contribution in [0.15, 0.2) is 97.1 Å². The molecule has 0 atom stereocenters. The van der Waals surface area contributed by atoms with Gasteiger partial charge in [0.25, 0.3) is 5.91 Å². The molecule has 0 radical (unpaired) electrons. The van der Waals surface area contributed by atoms with Gasteiger partial charge in [0.15, 0.2) is 0 Å². The summed E-state index contributed by atoms with van der Waals surface area (Å²) >= 11 is 0. The van der Waals surface area contributed by atoms with E-state index in [9.17, 15) is 9.59 Å². The van der Waals surface area contributed by atoms with E-state index < -0.39 is 5.92 Å². The number of anilines is 2. The highest BCUT2D eigenvalue weighted by molar-refractivity contribution is 6.07. The second-order valence-corrected chi connectivity index (χ2v) is 8.87. The number of para-hydroxylation sites is 2. The van der Waals surface area contributed by atoms with Crippen LogP contribution in [0.3, 0.4) is 0 Å². The minimum absolute atomic E-state index is 0.00115. The fourth-order valence-corrected chi connectivity index (χ4v) is 5.03. The highest BCUT2D eigenvalue weighted by Gasteiger charge is 2.32. The largest absolute Gasteiger partial charge is 0.457 e. The Morgan fingerprint density at radius 3 is 2.17 bits per heavy atom. The van der Waals surface area contributed by atoms with E-state index in [0.29, 0.717) is 23.6 Å². The average molecular weight is 461 g/mol. The van der Waals surface area contributed by atoms with Crippen molar-refractivity contribution in [1.82, 2.24) is 0 Å². The number of benzene rings is 4. The molecule has 0 spiro atoms. The summed E-state index contributed by atoms with van der Waals surface area (Å²) < 4.78 is 6.04. The molecule has 0 saturated heterocycles. The Bertz CT molecular complexity index is 1390. The normalized spacial score (nSPS) is 14.2. The molecule has 35 heavy (non-hydrogen) atoms. The molecular formula is C30H24N2O3. The molecule has 2 aliphatic heterocycles. The first-order valence-electron chi connectivity index (χ1n) is 11.9. The summed E-state index contributed by atoms with van der Waals surface area (Å²) in [5, 5.41) is 3.12. The fraction of sp³-hybridized carbons (Fsp3) is 0.133. The quantitative estimate of drug-likeness (QED) is 0.399. The third kappa shape index (κ3) is 3.85. The first kappa shape index (κ1) is 21.2. The lowest BCUT2D eigenvalue weighted by Crippen LogP contribution is -2.35. The van der Waals surface area contributed by atoms with E-state index in [1.165, 1.54) is 0 Å². The molecule has 0 fully saturated rings. The van der Waals surface area contributed by atoms with Gasteiger partial charge in [-0.05, 0) is 60.9 Å². The standard InChI is InChI=1S/C30H24N2O3/c33-29(28-23-12-4-6-14-26(23)35-27-15-7-5-13-24(27)28)31-22-16-17-25-21(19-22)11-8-18-32(25)30(34)20-9-2-1-3-10-20/h1-7,9-10,12-17,19,28H,8,11,18H2,(H,31,33). The third-order valence-corrected chi connectivity index (χ3v) is 6.67. The van der Waals surface area contributed by atoms with Gasteiger partial charge in [-0.15, -0.1) is 0 Å². The Labute approximate surface area is 204 Å². The zero-order chi connectivity index (χ0) is 23.8. The van der Waals surface area contributed by atoms with Crippen LogP contribution in [0.5, 0.6) is 11.5 Å². The maximum absolute atomic E-state index is 13.6. The number of ether oxygens (including phenoxy) is 1. The maximum atomic E-state index is 13.6. The van der Waals surface area contributed by atoms with Crippen LogP contribution in [-0.2, 0) is 11.2 Å². The first-order chi connectivity index (χ1) is 17.2. The van der Waals surface area contributed by atoms with Crippen molar-refractivity contribution in [3.05, 3.63) is 119 Å². The zero-order valence-electron chi connectivity index (χ0n) is 19.1. The van der Waals surface area contributed by atoms with Gasteiger partial charge in [0.1, 0.15) is 11.5 Å². The number of nitrogens with zero attached hydrogens (tertiary/aromatic N) is 1. The van der Waals surface area contributed by atoms with Crippen LogP contribution in [0.2, 0.25) is 0 Å². The van der Waals surface area contributed by atoms with Crippen LogP contribution in [0.1, 0.15) is 39.4 Å². The van der Waals surface area contributed by atoms with Crippen LogP contribution < -0.4 is 15.0 Å². The fourth-order valence-electron chi connectivity index (χ4n) is 5.03. The molecule has 4 aromatic rings. The number of aryl methyl sites for hydroxylation is 1. The van der Waals surface area contributed by atoms with E-state index in [1.807, 2.05) is 102 Å². The van der Waals surface area contributed by atoms with Crippen LogP contribution in [0.4, 0.5) is 11.4 Å². The van der Waals surface area contributed by atoms with Gasteiger partial charge in [-0.25, -0.2) is 0 Å². The SMILES string of the molecule is O=C(Nc1ccc2c(c1)CCCN2C(=O)c1ccccc1)C1c2ccccc2Oc2ccccc21. The number of rotatable bonds is 3. The minimum Gasteiger partial charge on any atom is -0.457 e. The van der Waals surface area contributed by atoms with Crippen molar-refractivity contribution in [3.8, 4) is 11.5 Å². The summed E-state index contributed by atoms with van der Waals surface area (Å²) in [7, 11) is 0. The molecule has 5 heteroatoms. The van der Waals surface area contributed by atoms with Crippen molar-refractivity contribution in [2.24, 2.45) is 0 Å². The summed E-state index contributed by atoms with van der Waals surface area (Å²) in [5.74, 6) is 0.821. The Balaban J connectivity index is 1.29. The highest BCUT2D eigenvalue weighted by atomic mass is 16.5. The molecule has 5 nitrogen and oxygen atoms in total. The van der Waals surface area contributed by atoms with E-state index >= 15 is 0 Å². The van der Waals surface area contributed by atoms with Gasteiger partial charge in [0, 0.05) is 34.6 Å². The molecule has 0 aliphatic carbocycles. The van der Waals surface area contributed by atoms with Gasteiger partial charge in [-0.3, -0.25) is 9.59 Å². The molecule has 2 aliphatic rings. The van der Waals surface area contributed by atoms with Crippen molar-refractivity contribution in [1.29, 1.82) is 0 Å². The molecule has 0 unspecified atom stereocenters. The molecule has 0 bridgehead atoms. The summed E-state index contributed by atoms with van der Waals surface area (Å²) in [4.78, 5) is 28.5. The van der Waals surface area contributed by atoms with Crippen molar-refractivity contribution in [2.75, 3.05) is 16.8 Å². The van der Waals surface area contributed by atoms with Gasteiger partial charge >= 0.3 is 0 Å². The smallest absolute Gasteiger partial charge is 0.258 e. The van der Waals surface area contributed by atoms with E-state index in [4.69, 9.17) is 4.74 Å². The Kier molecular flexibility index (Phi) is 5.30. The molecule has 2 amide bonds. The second-order valence-electron chi connectivity index (χ2n) is 8.87. The second kappa shape index (κ2) is 8.76. The van der Waals surface area contributed by atoms with E-state index in [0.717, 1.165) is 40.9 Å². The van der Waals surface area contributed by atoms with Crippen molar-refractivity contribution >= 4 is 23.2 Å². The lowest BCUT2D eigenvalue weighted by molar-refractivity contribution is -0.116. The van der Waals surface area contributed by atoms with Gasteiger partial charge in [-0.1, -0.05) is 54.6 Å². The van der Waals surface area contributed by atoms with Crippen LogP contribution >= 0.6 is 0 Å². The van der Waals surface area contributed by atoms with Crippen molar-refractivity contribution in [3.63, 3.8) is 0 Å². The van der Waals surface area contributed by atoms with Gasteiger partial charge in [0.2, 0.25) is 5.91 Å². The summed E-state index contributed by atoms with van der Waals surface area (Å²) in [6.07, 6.45) is 1.74. The lowest BCUT2D eigenvalue weighted by Gasteiger charge is -2.30. The Morgan fingerprint density at radius 1 is 0.800 bits per heavy atom. The van der Waals surface area contributed by atoms with E-state index in [1.54, 1.807) is 0 Å². The average Bonchev–Trinajstić information content (AvgIpc) is 2.91. The molecule has 1 N–H and O–H groups in total. The van der Waals surface area contributed by atoms with Gasteiger partial charge in [0.05, 0.1) is 5.92 Å². The summed E-state index contributed by atoms with van der Waals surface area (Å²) in [5.41, 5.74) is 5.07. The number of hydrogen-bond acceptors (Lipinski definition) is 3. The minimum atomic E-state index is -0.469. The predicted molar refractivity (Wildman–Crippen MR) is 136 cm³/mol. The number of nitrogens with one attached hydrogen (secondary N) is 1. The summed E-state index contributed by atoms with van der Waals surface area (Å²) in [6.45, 7) is 0.683. The number of amides is 2. The van der Waals surface area contributed by atoms with Crippen LogP contribution in [0, 0.1) is 0 Å². The van der Waals surface area contributed by atoms with Gasteiger partial charge < -0.3 is 15.0 Å². The molecule has 0 saturated carbocycles. The topological polar surface area (TPSA) is 58.6 Å². The molecule has 0 aromatic heterocycles. The maximum Gasteiger partial charge on any atom is 0.258 e. The number of carbonyl (C=O) groups excluding carboxylic acids is 2. The first-order valence-corrected chi connectivity index (χ1v) is 11.9. The Hall–Kier alpha value is -4.38. The monoisotopic (exact) mass is 460 g/mol. The Morgan fingerprint density at radius 2 is 1.46 bits per heavy atom. The zero-order valence-corrected chi connectivity index (χ0v) is 19.1. The highest BCUT2D eigenvalue weighted by Crippen LogP contribution is 2.44. The van der Waals surface area contributed by atoms with Crippen molar-refractivity contribution in [2.45, 2.75) is 18.8 Å².